The average molecular weight is 210 g/mol. The van der Waals surface area contributed by atoms with Crippen molar-refractivity contribution in [2.45, 2.75) is 39.7 Å². The minimum atomic E-state index is -0.137. The lowest BCUT2D eigenvalue weighted by Crippen LogP contribution is -2.09. The number of carbonyl (C=O) groups excluding carboxylic acids is 1. The maximum absolute atomic E-state index is 11.2. The molecule has 0 fully saturated rings. The summed E-state index contributed by atoms with van der Waals surface area (Å²) in [6, 6.07) is 1.95. The fourth-order valence-corrected chi connectivity index (χ4v) is 1.45. The number of hydrogen-bond donors (Lipinski definition) is 0. The van der Waals surface area contributed by atoms with Crippen LogP contribution in [0, 0.1) is 0 Å². The van der Waals surface area contributed by atoms with Crippen LogP contribution in [0.15, 0.2) is 12.3 Å². The fourth-order valence-electron chi connectivity index (χ4n) is 1.45. The van der Waals surface area contributed by atoms with Crippen molar-refractivity contribution in [3.8, 4) is 0 Å². The molecule has 0 atom stereocenters. The molecule has 84 valence electrons. The summed E-state index contributed by atoms with van der Waals surface area (Å²) in [6.07, 6.45) is 3.96. The lowest BCUT2D eigenvalue weighted by Gasteiger charge is -2.05. The number of ether oxygens (including phenoxy) is 1. The highest BCUT2D eigenvalue weighted by Crippen LogP contribution is 2.04. The van der Waals surface area contributed by atoms with E-state index in [4.69, 9.17) is 4.74 Å². The van der Waals surface area contributed by atoms with Crippen LogP contribution >= 0.6 is 0 Å². The number of rotatable bonds is 6. The molecule has 0 saturated carbocycles. The number of esters is 1. The second-order valence-corrected chi connectivity index (χ2v) is 3.35. The Hall–Kier alpha value is -1.32. The summed E-state index contributed by atoms with van der Waals surface area (Å²) in [7, 11) is 0. The number of aryl methyl sites for hydroxylation is 2. The van der Waals surface area contributed by atoms with Crippen molar-refractivity contribution in [1.82, 2.24) is 9.78 Å². The normalized spacial score (nSPS) is 10.3. The van der Waals surface area contributed by atoms with E-state index in [9.17, 15) is 4.79 Å². The van der Waals surface area contributed by atoms with Crippen LogP contribution in [0.3, 0.4) is 0 Å². The molecule has 1 aromatic heterocycles. The molecule has 0 saturated heterocycles. The number of aromatic nitrogens is 2. The van der Waals surface area contributed by atoms with Crippen molar-refractivity contribution in [3.05, 3.63) is 18.0 Å². The van der Waals surface area contributed by atoms with E-state index in [1.165, 1.54) is 0 Å². The molecule has 0 N–H and O–H groups in total. The van der Waals surface area contributed by atoms with Crippen molar-refractivity contribution in [1.29, 1.82) is 0 Å². The lowest BCUT2D eigenvalue weighted by molar-refractivity contribution is -0.143. The number of nitrogens with zero attached hydrogens (tertiary/aromatic N) is 2. The monoisotopic (exact) mass is 210 g/mol. The molecule has 1 aromatic rings. The molecule has 0 amide bonds. The van der Waals surface area contributed by atoms with E-state index < -0.39 is 0 Å². The highest BCUT2D eigenvalue weighted by Gasteiger charge is 2.06. The van der Waals surface area contributed by atoms with Crippen LogP contribution in [0.1, 0.15) is 32.4 Å². The zero-order chi connectivity index (χ0) is 11.1. The first kappa shape index (κ1) is 11.8. The Morgan fingerprint density at radius 3 is 3.00 bits per heavy atom. The van der Waals surface area contributed by atoms with E-state index in [2.05, 4.69) is 12.0 Å². The molecule has 4 heteroatoms. The summed E-state index contributed by atoms with van der Waals surface area (Å²) in [5.74, 6) is -0.137. The van der Waals surface area contributed by atoms with Gasteiger partial charge in [0, 0.05) is 18.4 Å². The van der Waals surface area contributed by atoms with Gasteiger partial charge in [-0.1, -0.05) is 6.92 Å². The SMILES string of the molecule is CCCn1nccc1CCC(=O)OCC. The first-order chi connectivity index (χ1) is 7.27. The molecule has 0 spiro atoms. The fraction of sp³-hybridized carbons (Fsp3) is 0.636. The number of carbonyl (C=O) groups is 1. The van der Waals surface area contributed by atoms with E-state index in [1.807, 2.05) is 17.7 Å². The second-order valence-electron chi connectivity index (χ2n) is 3.35. The Bertz CT molecular complexity index is 307. The van der Waals surface area contributed by atoms with Crippen molar-refractivity contribution in [2.24, 2.45) is 0 Å². The topological polar surface area (TPSA) is 44.1 Å². The maximum Gasteiger partial charge on any atom is 0.306 e. The summed E-state index contributed by atoms with van der Waals surface area (Å²) in [5, 5.41) is 4.19. The van der Waals surface area contributed by atoms with Crippen LogP contribution in [0.4, 0.5) is 0 Å². The van der Waals surface area contributed by atoms with Gasteiger partial charge in [-0.25, -0.2) is 0 Å². The lowest BCUT2D eigenvalue weighted by atomic mass is 10.2. The van der Waals surface area contributed by atoms with Crippen LogP contribution < -0.4 is 0 Å². The van der Waals surface area contributed by atoms with Crippen LogP contribution in [0.5, 0.6) is 0 Å². The minimum Gasteiger partial charge on any atom is -0.466 e. The summed E-state index contributed by atoms with van der Waals surface area (Å²) in [4.78, 5) is 11.2. The molecule has 0 bridgehead atoms. The van der Waals surface area contributed by atoms with Crippen LogP contribution in [0.25, 0.3) is 0 Å². The average Bonchev–Trinajstić information content (AvgIpc) is 2.64. The summed E-state index contributed by atoms with van der Waals surface area (Å²) in [5.41, 5.74) is 1.10. The van der Waals surface area contributed by atoms with Gasteiger partial charge in [0.15, 0.2) is 0 Å². The van der Waals surface area contributed by atoms with Gasteiger partial charge < -0.3 is 4.74 Å². The molecule has 0 unspecified atom stereocenters. The third-order valence-electron chi connectivity index (χ3n) is 2.13. The second kappa shape index (κ2) is 6.22. The first-order valence-electron chi connectivity index (χ1n) is 5.44. The summed E-state index contributed by atoms with van der Waals surface area (Å²) >= 11 is 0. The molecule has 4 nitrogen and oxygen atoms in total. The van der Waals surface area contributed by atoms with Crippen molar-refractivity contribution in [2.75, 3.05) is 6.61 Å². The quantitative estimate of drug-likeness (QED) is 0.672. The Kier molecular flexibility index (Phi) is 4.87. The zero-order valence-electron chi connectivity index (χ0n) is 9.40. The van der Waals surface area contributed by atoms with Crippen molar-refractivity contribution < 1.29 is 9.53 Å². The molecule has 1 heterocycles. The predicted octanol–water partition coefficient (Wildman–Crippen LogP) is 1.79. The van der Waals surface area contributed by atoms with Gasteiger partial charge in [-0.15, -0.1) is 0 Å². The van der Waals surface area contributed by atoms with Crippen molar-refractivity contribution in [3.63, 3.8) is 0 Å². The molecule has 0 radical (unpaired) electrons. The van der Waals surface area contributed by atoms with Gasteiger partial charge in [-0.2, -0.15) is 5.10 Å². The highest BCUT2D eigenvalue weighted by molar-refractivity contribution is 5.69. The third-order valence-corrected chi connectivity index (χ3v) is 2.13. The predicted molar refractivity (Wildman–Crippen MR) is 57.5 cm³/mol. The van der Waals surface area contributed by atoms with Gasteiger partial charge in [-0.05, 0) is 25.8 Å². The van der Waals surface area contributed by atoms with Crippen LogP contribution in [-0.4, -0.2) is 22.4 Å². The van der Waals surface area contributed by atoms with E-state index in [0.29, 0.717) is 19.4 Å². The van der Waals surface area contributed by atoms with Crippen molar-refractivity contribution >= 4 is 5.97 Å². The molecule has 0 aliphatic heterocycles. The molecular formula is C11H18N2O2. The first-order valence-corrected chi connectivity index (χ1v) is 5.44. The van der Waals surface area contributed by atoms with Gasteiger partial charge in [0.05, 0.1) is 13.0 Å². The van der Waals surface area contributed by atoms with E-state index in [-0.39, 0.29) is 5.97 Å². The Labute approximate surface area is 90.2 Å². The smallest absolute Gasteiger partial charge is 0.306 e. The summed E-state index contributed by atoms with van der Waals surface area (Å²) in [6.45, 7) is 5.29. The van der Waals surface area contributed by atoms with E-state index in [0.717, 1.165) is 18.7 Å². The molecule has 15 heavy (non-hydrogen) atoms. The largest absolute Gasteiger partial charge is 0.466 e. The Balaban J connectivity index is 2.42. The van der Waals surface area contributed by atoms with Gasteiger partial charge in [0.1, 0.15) is 0 Å². The van der Waals surface area contributed by atoms with Gasteiger partial charge in [0.25, 0.3) is 0 Å². The van der Waals surface area contributed by atoms with Crippen LogP contribution in [0.2, 0.25) is 0 Å². The molecular weight excluding hydrogens is 192 g/mol. The van der Waals surface area contributed by atoms with Gasteiger partial charge >= 0.3 is 5.97 Å². The Morgan fingerprint density at radius 2 is 2.33 bits per heavy atom. The molecule has 0 aliphatic rings. The Morgan fingerprint density at radius 1 is 1.53 bits per heavy atom. The number of hydrogen-bond acceptors (Lipinski definition) is 3. The van der Waals surface area contributed by atoms with E-state index in [1.54, 1.807) is 6.20 Å². The molecule has 0 aliphatic carbocycles. The molecule has 0 aromatic carbocycles. The highest BCUT2D eigenvalue weighted by atomic mass is 16.5. The minimum absolute atomic E-state index is 0.137. The summed E-state index contributed by atoms with van der Waals surface area (Å²) < 4.78 is 6.82. The maximum atomic E-state index is 11.2. The zero-order valence-corrected chi connectivity index (χ0v) is 9.40. The van der Waals surface area contributed by atoms with Gasteiger partial charge in [-0.3, -0.25) is 9.48 Å². The van der Waals surface area contributed by atoms with Gasteiger partial charge in [0.2, 0.25) is 0 Å². The standard InChI is InChI=1S/C11H18N2O2/c1-3-9-13-10(7-8-12-13)5-6-11(14)15-4-2/h7-8H,3-6,9H2,1-2H3. The molecule has 1 rings (SSSR count). The van der Waals surface area contributed by atoms with Crippen LogP contribution in [-0.2, 0) is 22.5 Å². The van der Waals surface area contributed by atoms with E-state index >= 15 is 0 Å². The third kappa shape index (κ3) is 3.73.